The van der Waals surface area contributed by atoms with Gasteiger partial charge >= 0.3 is 12.2 Å². The minimum absolute atomic E-state index is 0.0619. The molecule has 0 spiro atoms. The number of alkyl carbamates (subject to hydrolysis) is 1. The number of hydrogen-bond donors (Lipinski definition) is 2. The van der Waals surface area contributed by atoms with Crippen LogP contribution in [0.5, 0.6) is 5.88 Å². The zero-order valence-electron chi connectivity index (χ0n) is 29.2. The maximum Gasteiger partial charge on any atom is 0.410 e. The summed E-state index contributed by atoms with van der Waals surface area (Å²) >= 11 is 0. The second-order valence-corrected chi connectivity index (χ2v) is 14.1. The number of nitrogens with zero attached hydrogens (tertiary/aromatic N) is 2. The Kier molecular flexibility index (Phi) is 12.2. The van der Waals surface area contributed by atoms with Gasteiger partial charge in [0.05, 0.1) is 44.0 Å². The summed E-state index contributed by atoms with van der Waals surface area (Å²) in [6, 6.07) is 9.51. The van der Waals surface area contributed by atoms with Crippen LogP contribution >= 0.6 is 0 Å². The number of aliphatic hydroxyl groups is 1. The zero-order chi connectivity index (χ0) is 35.9. The van der Waals surface area contributed by atoms with Crippen molar-refractivity contribution in [2.75, 3.05) is 20.3 Å². The minimum atomic E-state index is -0.765. The summed E-state index contributed by atoms with van der Waals surface area (Å²) in [6.45, 7) is 10.7. The molecule has 0 aliphatic carbocycles. The Morgan fingerprint density at radius 3 is 2.39 bits per heavy atom. The van der Waals surface area contributed by atoms with Crippen LogP contribution in [0.25, 0.3) is 17.0 Å². The van der Waals surface area contributed by atoms with E-state index in [0.717, 1.165) is 29.1 Å². The Hall–Kier alpha value is -4.29. The summed E-state index contributed by atoms with van der Waals surface area (Å²) < 4.78 is 51.0. The average Bonchev–Trinajstić information content (AvgIpc) is 3.02. The fraction of sp³-hybridized carbons (Fsp3) is 0.486. The van der Waals surface area contributed by atoms with E-state index < -0.39 is 53.2 Å². The first kappa shape index (κ1) is 37.5. The van der Waals surface area contributed by atoms with Gasteiger partial charge in [0.2, 0.25) is 5.88 Å². The van der Waals surface area contributed by atoms with Crippen LogP contribution in [0, 0.1) is 11.6 Å². The fourth-order valence-corrected chi connectivity index (χ4v) is 5.65. The van der Waals surface area contributed by atoms with Gasteiger partial charge in [0.15, 0.2) is 0 Å². The van der Waals surface area contributed by atoms with E-state index in [1.165, 1.54) is 18.1 Å². The molecular weight excluding hydrogens is 636 g/mol. The van der Waals surface area contributed by atoms with Crippen molar-refractivity contribution < 1.29 is 42.4 Å². The van der Waals surface area contributed by atoms with E-state index in [1.54, 1.807) is 53.7 Å². The zero-order valence-corrected chi connectivity index (χ0v) is 29.2. The summed E-state index contributed by atoms with van der Waals surface area (Å²) in [5, 5.41) is 13.7. The molecule has 266 valence electrons. The molecule has 4 rings (SSSR count). The van der Waals surface area contributed by atoms with Crippen molar-refractivity contribution in [3.63, 3.8) is 0 Å². The number of carbonyl (C=O) groups is 2. The van der Waals surface area contributed by atoms with Gasteiger partial charge in [-0.25, -0.2) is 23.4 Å². The molecule has 1 aliphatic heterocycles. The number of fused-ring (bicyclic) bond motifs is 1. The van der Waals surface area contributed by atoms with Gasteiger partial charge < -0.3 is 29.4 Å². The summed E-state index contributed by atoms with van der Waals surface area (Å²) in [7, 11) is 1.53. The monoisotopic (exact) mass is 683 g/mol. The Balaban J connectivity index is 1.58. The SMILES string of the molecule is COc1ccc2c(CO)ccc(CC(NC(=O)OC(C)(C)C)C3CCC(N(CC=Cc4cc(F)ccc4F)C(=O)OC(C)(C)C)CO3)c2n1. The predicted molar refractivity (Wildman–Crippen MR) is 182 cm³/mol. The lowest BCUT2D eigenvalue weighted by Crippen LogP contribution is -2.53. The van der Waals surface area contributed by atoms with Crippen LogP contribution in [0.1, 0.15) is 71.1 Å². The quantitative estimate of drug-likeness (QED) is 0.236. The normalized spacial score (nSPS) is 17.5. The molecule has 3 aromatic rings. The second-order valence-electron chi connectivity index (χ2n) is 14.1. The molecule has 2 heterocycles. The molecular formula is C37H47F2N3O7. The Bertz CT molecular complexity index is 1640. The van der Waals surface area contributed by atoms with Gasteiger partial charge in [-0.15, -0.1) is 0 Å². The molecule has 3 atom stereocenters. The highest BCUT2D eigenvalue weighted by atomic mass is 19.1. The van der Waals surface area contributed by atoms with E-state index >= 15 is 0 Å². The minimum Gasteiger partial charge on any atom is -0.481 e. The van der Waals surface area contributed by atoms with E-state index in [0.29, 0.717) is 36.2 Å². The highest BCUT2D eigenvalue weighted by Crippen LogP contribution is 2.29. The molecule has 2 amide bonds. The lowest BCUT2D eigenvalue weighted by molar-refractivity contribution is -0.0560. The molecule has 1 fully saturated rings. The number of benzene rings is 2. The van der Waals surface area contributed by atoms with Crippen LogP contribution in [-0.4, -0.2) is 76.8 Å². The lowest BCUT2D eigenvalue weighted by atomic mass is 9.92. The molecule has 10 nitrogen and oxygen atoms in total. The Labute approximate surface area is 286 Å². The highest BCUT2D eigenvalue weighted by Gasteiger charge is 2.36. The van der Waals surface area contributed by atoms with Gasteiger partial charge in [-0.2, -0.15) is 0 Å². The third-order valence-electron chi connectivity index (χ3n) is 7.89. The molecule has 0 radical (unpaired) electrons. The maximum atomic E-state index is 14.2. The second kappa shape index (κ2) is 15.9. The van der Waals surface area contributed by atoms with Crippen LogP contribution in [0.15, 0.2) is 48.5 Å². The molecule has 12 heteroatoms. The number of halogens is 2. The summed E-state index contributed by atoms with van der Waals surface area (Å²) in [5.74, 6) is -0.742. The number of rotatable bonds is 10. The average molecular weight is 684 g/mol. The van der Waals surface area contributed by atoms with E-state index in [4.69, 9.17) is 18.9 Å². The summed E-state index contributed by atoms with van der Waals surface area (Å²) in [5.41, 5.74) is 0.717. The third kappa shape index (κ3) is 10.6. The number of aromatic nitrogens is 1. The molecule has 1 aromatic heterocycles. The van der Waals surface area contributed by atoms with Gasteiger partial charge in [0, 0.05) is 23.6 Å². The molecule has 0 saturated carbocycles. The van der Waals surface area contributed by atoms with Crippen LogP contribution in [0.3, 0.4) is 0 Å². The molecule has 2 aromatic carbocycles. The number of pyridine rings is 1. The third-order valence-corrected chi connectivity index (χ3v) is 7.89. The number of ether oxygens (including phenoxy) is 4. The first-order chi connectivity index (χ1) is 23.1. The predicted octanol–water partition coefficient (Wildman–Crippen LogP) is 6.95. The molecule has 2 N–H and O–H groups in total. The molecule has 1 aliphatic rings. The highest BCUT2D eigenvalue weighted by molar-refractivity contribution is 5.86. The topological polar surface area (TPSA) is 119 Å². The number of methoxy groups -OCH3 is 1. The number of amides is 2. The van der Waals surface area contributed by atoms with Gasteiger partial charge in [-0.3, -0.25) is 4.90 Å². The van der Waals surface area contributed by atoms with Crippen LogP contribution in [0.2, 0.25) is 0 Å². The van der Waals surface area contributed by atoms with E-state index in [9.17, 15) is 23.5 Å². The van der Waals surface area contributed by atoms with Crippen molar-refractivity contribution in [2.24, 2.45) is 0 Å². The largest absolute Gasteiger partial charge is 0.481 e. The molecule has 0 bridgehead atoms. The standard InChI is InChI=1S/C37H47F2N3O7/c1-36(2,3)48-34(44)40-30(20-24-10-11-25(21-43)28-14-17-32(46-7)41-33(24)28)31-16-13-27(22-47-31)42(35(45)49-37(4,5)6)18-8-9-23-19-26(38)12-15-29(23)39/h8-12,14-15,17,19,27,30-31,43H,13,16,18,20-22H2,1-7H3,(H,40,44). The number of nitrogens with one attached hydrogen (secondary N) is 1. The fourth-order valence-electron chi connectivity index (χ4n) is 5.65. The number of carbonyl (C=O) groups excluding carboxylic acids is 2. The van der Waals surface area contributed by atoms with Gasteiger partial charge in [-0.1, -0.05) is 24.3 Å². The van der Waals surface area contributed by atoms with Gasteiger partial charge in [-0.05, 0) is 96.2 Å². The summed E-state index contributed by atoms with van der Waals surface area (Å²) in [4.78, 5) is 32.6. The van der Waals surface area contributed by atoms with Crippen molar-refractivity contribution >= 4 is 29.2 Å². The van der Waals surface area contributed by atoms with Crippen molar-refractivity contribution in [3.8, 4) is 5.88 Å². The van der Waals surface area contributed by atoms with Crippen molar-refractivity contribution in [3.05, 3.63) is 76.9 Å². The van der Waals surface area contributed by atoms with E-state index in [-0.39, 0.29) is 25.3 Å². The van der Waals surface area contributed by atoms with E-state index in [1.807, 2.05) is 18.2 Å². The summed E-state index contributed by atoms with van der Waals surface area (Å²) in [6.07, 6.45) is 2.69. The lowest BCUT2D eigenvalue weighted by Gasteiger charge is -2.39. The number of aliphatic hydroxyl groups excluding tert-OH is 1. The van der Waals surface area contributed by atoms with Crippen molar-refractivity contribution in [2.45, 2.75) is 96.8 Å². The smallest absolute Gasteiger partial charge is 0.410 e. The Morgan fingerprint density at radius 2 is 1.76 bits per heavy atom. The van der Waals surface area contributed by atoms with Gasteiger partial charge in [0.25, 0.3) is 0 Å². The van der Waals surface area contributed by atoms with Gasteiger partial charge in [0.1, 0.15) is 22.8 Å². The maximum absolute atomic E-state index is 14.2. The molecule has 49 heavy (non-hydrogen) atoms. The van der Waals surface area contributed by atoms with Crippen LogP contribution in [0.4, 0.5) is 18.4 Å². The first-order valence-electron chi connectivity index (χ1n) is 16.4. The number of hydrogen-bond acceptors (Lipinski definition) is 8. The molecule has 1 saturated heterocycles. The molecule has 3 unspecified atom stereocenters. The van der Waals surface area contributed by atoms with Crippen molar-refractivity contribution in [1.29, 1.82) is 0 Å². The first-order valence-corrected chi connectivity index (χ1v) is 16.4. The Morgan fingerprint density at radius 1 is 1.04 bits per heavy atom. The van der Waals surface area contributed by atoms with E-state index in [2.05, 4.69) is 10.3 Å². The van der Waals surface area contributed by atoms with Crippen molar-refractivity contribution in [1.82, 2.24) is 15.2 Å². The van der Waals surface area contributed by atoms with Crippen LogP contribution < -0.4 is 10.1 Å². The van der Waals surface area contributed by atoms with Crippen LogP contribution in [-0.2, 0) is 27.2 Å².